The first-order valence-corrected chi connectivity index (χ1v) is 8.10. The summed E-state index contributed by atoms with van der Waals surface area (Å²) in [5, 5.41) is 6.58. The number of imide groups is 1. The molecule has 1 fully saturated rings. The third kappa shape index (κ3) is 3.50. The van der Waals surface area contributed by atoms with Crippen molar-refractivity contribution in [1.82, 2.24) is 15.4 Å². The second kappa shape index (κ2) is 6.58. The zero-order chi connectivity index (χ0) is 18.0. The lowest BCUT2D eigenvalue weighted by Crippen LogP contribution is -2.44. The maximum absolute atomic E-state index is 12.7. The number of nitrogens with one attached hydrogen (secondary N) is 1. The van der Waals surface area contributed by atoms with Gasteiger partial charge in [-0.05, 0) is 44.4 Å². The van der Waals surface area contributed by atoms with Crippen LogP contribution in [0.2, 0.25) is 0 Å². The third-order valence-corrected chi connectivity index (χ3v) is 4.41. The molecule has 1 aliphatic rings. The van der Waals surface area contributed by atoms with E-state index in [4.69, 9.17) is 9.26 Å². The number of aryl methyl sites for hydroxylation is 2. The number of amides is 3. The van der Waals surface area contributed by atoms with E-state index >= 15 is 0 Å². The van der Waals surface area contributed by atoms with E-state index in [-0.39, 0.29) is 12.5 Å². The van der Waals surface area contributed by atoms with Crippen LogP contribution in [0, 0.1) is 6.92 Å². The molecule has 1 aromatic carbocycles. The van der Waals surface area contributed by atoms with Crippen LogP contribution >= 0.6 is 0 Å². The van der Waals surface area contributed by atoms with E-state index < -0.39 is 11.6 Å². The SMILES string of the molecule is COc1ccc(CCC2(C)NC(=O)N(Cc3cc(C)no3)C2=O)cc1. The Bertz CT molecular complexity index is 784. The normalized spacial score (nSPS) is 20.0. The van der Waals surface area contributed by atoms with Gasteiger partial charge in [0.2, 0.25) is 0 Å². The van der Waals surface area contributed by atoms with E-state index in [1.165, 1.54) is 4.90 Å². The molecule has 1 unspecified atom stereocenters. The van der Waals surface area contributed by atoms with E-state index in [2.05, 4.69) is 10.5 Å². The smallest absolute Gasteiger partial charge is 0.325 e. The van der Waals surface area contributed by atoms with Crippen LogP contribution in [0.5, 0.6) is 5.75 Å². The third-order valence-electron chi connectivity index (χ3n) is 4.41. The fraction of sp³-hybridized carbons (Fsp3) is 0.389. The standard InChI is InChI=1S/C18H21N3O4/c1-12-10-15(25-20-12)11-21-16(22)18(2,19-17(21)23)9-8-13-4-6-14(24-3)7-5-13/h4-7,10H,8-9,11H2,1-3H3,(H,19,23). The number of hydrogen-bond donors (Lipinski definition) is 1. The molecular formula is C18H21N3O4. The topological polar surface area (TPSA) is 84.7 Å². The highest BCUT2D eigenvalue weighted by molar-refractivity contribution is 6.06. The number of benzene rings is 1. The minimum absolute atomic E-state index is 0.0869. The molecule has 2 heterocycles. The van der Waals surface area contributed by atoms with Crippen molar-refractivity contribution in [3.63, 3.8) is 0 Å². The number of urea groups is 1. The highest BCUT2D eigenvalue weighted by atomic mass is 16.5. The summed E-state index contributed by atoms with van der Waals surface area (Å²) in [5.41, 5.74) is 0.865. The van der Waals surface area contributed by atoms with Crippen LogP contribution in [0.3, 0.4) is 0 Å². The summed E-state index contributed by atoms with van der Waals surface area (Å²) in [6.45, 7) is 3.63. The molecule has 7 heteroatoms. The Kier molecular flexibility index (Phi) is 4.48. The highest BCUT2D eigenvalue weighted by Gasteiger charge is 2.47. The van der Waals surface area contributed by atoms with Crippen molar-refractivity contribution in [2.24, 2.45) is 0 Å². The lowest BCUT2D eigenvalue weighted by molar-refractivity contribution is -0.131. The van der Waals surface area contributed by atoms with Crippen molar-refractivity contribution >= 4 is 11.9 Å². The molecule has 1 saturated heterocycles. The molecule has 0 aliphatic carbocycles. The van der Waals surface area contributed by atoms with Crippen LogP contribution in [0.4, 0.5) is 4.79 Å². The van der Waals surface area contributed by atoms with Gasteiger partial charge in [0.05, 0.1) is 19.3 Å². The summed E-state index contributed by atoms with van der Waals surface area (Å²) < 4.78 is 10.2. The van der Waals surface area contributed by atoms with Gasteiger partial charge in [-0.25, -0.2) is 4.79 Å². The molecule has 0 radical (unpaired) electrons. The fourth-order valence-electron chi connectivity index (χ4n) is 2.89. The molecule has 132 valence electrons. The van der Waals surface area contributed by atoms with Gasteiger partial charge in [-0.2, -0.15) is 0 Å². The van der Waals surface area contributed by atoms with Gasteiger partial charge in [0.25, 0.3) is 5.91 Å². The van der Waals surface area contributed by atoms with E-state index in [1.54, 1.807) is 27.0 Å². The lowest BCUT2D eigenvalue weighted by atomic mass is 9.93. The monoisotopic (exact) mass is 343 g/mol. The first-order chi connectivity index (χ1) is 11.9. The highest BCUT2D eigenvalue weighted by Crippen LogP contribution is 2.25. The summed E-state index contributed by atoms with van der Waals surface area (Å²) in [7, 11) is 1.62. The minimum atomic E-state index is -0.925. The van der Waals surface area contributed by atoms with Crippen LogP contribution in [0.25, 0.3) is 0 Å². The Hall–Kier alpha value is -2.83. The first-order valence-electron chi connectivity index (χ1n) is 8.10. The van der Waals surface area contributed by atoms with Gasteiger partial charge in [0.1, 0.15) is 11.3 Å². The minimum Gasteiger partial charge on any atom is -0.497 e. The largest absolute Gasteiger partial charge is 0.497 e. The van der Waals surface area contributed by atoms with Gasteiger partial charge >= 0.3 is 6.03 Å². The number of ether oxygens (including phenoxy) is 1. The number of carbonyl (C=O) groups is 2. The zero-order valence-electron chi connectivity index (χ0n) is 14.5. The van der Waals surface area contributed by atoms with E-state index in [0.29, 0.717) is 24.3 Å². The molecule has 1 N–H and O–H groups in total. The van der Waals surface area contributed by atoms with Gasteiger partial charge in [-0.1, -0.05) is 17.3 Å². The van der Waals surface area contributed by atoms with E-state index in [1.807, 2.05) is 24.3 Å². The molecule has 0 spiro atoms. The Morgan fingerprint density at radius 1 is 1.28 bits per heavy atom. The molecular weight excluding hydrogens is 322 g/mol. The zero-order valence-corrected chi connectivity index (χ0v) is 14.5. The van der Waals surface area contributed by atoms with Crippen molar-refractivity contribution in [1.29, 1.82) is 0 Å². The van der Waals surface area contributed by atoms with Crippen LogP contribution in [-0.2, 0) is 17.8 Å². The molecule has 1 aliphatic heterocycles. The first kappa shape index (κ1) is 17.0. The maximum atomic E-state index is 12.7. The number of hydrogen-bond acceptors (Lipinski definition) is 5. The number of rotatable bonds is 6. The van der Waals surface area contributed by atoms with Crippen LogP contribution in [0.15, 0.2) is 34.9 Å². The molecule has 3 amide bonds. The van der Waals surface area contributed by atoms with E-state index in [9.17, 15) is 9.59 Å². The molecule has 1 aromatic heterocycles. The predicted octanol–water partition coefficient (Wildman–Crippen LogP) is 2.43. The molecule has 2 aromatic rings. The summed E-state index contributed by atoms with van der Waals surface area (Å²) in [6.07, 6.45) is 1.18. The number of aromatic nitrogens is 1. The van der Waals surface area contributed by atoms with Crippen molar-refractivity contribution in [3.8, 4) is 5.75 Å². The summed E-state index contributed by atoms with van der Waals surface area (Å²) in [4.78, 5) is 26.1. The maximum Gasteiger partial charge on any atom is 0.325 e. The average molecular weight is 343 g/mol. The summed E-state index contributed by atoms with van der Waals surface area (Å²) >= 11 is 0. The summed E-state index contributed by atoms with van der Waals surface area (Å²) in [6, 6.07) is 8.98. The van der Waals surface area contributed by atoms with Gasteiger partial charge in [0, 0.05) is 6.07 Å². The van der Waals surface area contributed by atoms with Crippen LogP contribution < -0.4 is 10.1 Å². The molecule has 0 saturated carbocycles. The van der Waals surface area contributed by atoms with Gasteiger partial charge in [-0.3, -0.25) is 9.69 Å². The second-order valence-corrected chi connectivity index (χ2v) is 6.44. The lowest BCUT2D eigenvalue weighted by Gasteiger charge is -2.21. The van der Waals surface area contributed by atoms with Crippen molar-refractivity contribution in [3.05, 3.63) is 47.3 Å². The van der Waals surface area contributed by atoms with Gasteiger partial charge in [0.15, 0.2) is 5.76 Å². The quantitative estimate of drug-likeness (QED) is 0.814. The van der Waals surface area contributed by atoms with E-state index in [0.717, 1.165) is 11.3 Å². The van der Waals surface area contributed by atoms with Crippen molar-refractivity contribution < 1.29 is 18.8 Å². The number of carbonyl (C=O) groups excluding carboxylic acids is 2. The summed E-state index contributed by atoms with van der Waals surface area (Å²) in [5.74, 6) is 1.02. The average Bonchev–Trinajstić information content (AvgIpc) is 3.10. The number of methoxy groups -OCH3 is 1. The molecule has 25 heavy (non-hydrogen) atoms. The van der Waals surface area contributed by atoms with Crippen molar-refractivity contribution in [2.75, 3.05) is 7.11 Å². The molecule has 1 atom stereocenters. The Morgan fingerprint density at radius 3 is 2.60 bits per heavy atom. The Balaban J connectivity index is 1.66. The Labute approximate surface area is 145 Å². The van der Waals surface area contributed by atoms with Crippen LogP contribution in [0.1, 0.15) is 30.4 Å². The van der Waals surface area contributed by atoms with Crippen LogP contribution in [-0.4, -0.2) is 34.6 Å². The number of nitrogens with zero attached hydrogens (tertiary/aromatic N) is 2. The second-order valence-electron chi connectivity index (χ2n) is 6.44. The van der Waals surface area contributed by atoms with Crippen molar-refractivity contribution in [2.45, 2.75) is 38.8 Å². The molecule has 0 bridgehead atoms. The molecule has 7 nitrogen and oxygen atoms in total. The van der Waals surface area contributed by atoms with Gasteiger partial charge < -0.3 is 14.6 Å². The van der Waals surface area contributed by atoms with Gasteiger partial charge in [-0.15, -0.1) is 0 Å². The predicted molar refractivity (Wildman–Crippen MR) is 90.0 cm³/mol. The fourth-order valence-corrected chi connectivity index (χ4v) is 2.89. The Morgan fingerprint density at radius 2 is 2.00 bits per heavy atom. The molecule has 3 rings (SSSR count).